The fourth-order valence-electron chi connectivity index (χ4n) is 3.98. The molecule has 2 aromatic rings. The van der Waals surface area contributed by atoms with Crippen LogP contribution in [-0.4, -0.2) is 50.1 Å². The van der Waals surface area contributed by atoms with Crippen molar-refractivity contribution in [2.75, 3.05) is 43.1 Å². The zero-order valence-electron chi connectivity index (χ0n) is 18.4. The van der Waals surface area contributed by atoms with Crippen molar-refractivity contribution in [3.8, 4) is 0 Å². The van der Waals surface area contributed by atoms with E-state index in [4.69, 9.17) is 0 Å². The van der Waals surface area contributed by atoms with E-state index in [0.717, 1.165) is 30.8 Å². The van der Waals surface area contributed by atoms with Gasteiger partial charge in [-0.2, -0.15) is 11.8 Å². The number of hydrogen-bond acceptors (Lipinski definition) is 4. The van der Waals surface area contributed by atoms with Crippen molar-refractivity contribution in [3.05, 3.63) is 65.5 Å². The smallest absolute Gasteiger partial charge is 0.224 e. The highest BCUT2D eigenvalue weighted by Crippen LogP contribution is 2.21. The first-order valence-corrected chi connectivity index (χ1v) is 12.6. The quantitative estimate of drug-likeness (QED) is 0.515. The third kappa shape index (κ3) is 8.19. The molecular formula is C25H34FN3OS. The van der Waals surface area contributed by atoms with E-state index >= 15 is 0 Å². The van der Waals surface area contributed by atoms with E-state index in [1.165, 1.54) is 42.8 Å². The monoisotopic (exact) mass is 443 g/mol. The van der Waals surface area contributed by atoms with E-state index in [-0.39, 0.29) is 11.7 Å². The largest absolute Gasteiger partial charge is 0.371 e. The number of nitrogens with one attached hydrogen (secondary N) is 2. The number of carbonyl (C=O) groups excluding carboxylic acids is 1. The molecule has 1 aliphatic heterocycles. The minimum atomic E-state index is -0.240. The SMILES string of the molecule is CSCCCNC1CCN(c2ccc(CC(=O)NCCc3cccc(F)c3)cc2)CC1. The minimum absolute atomic E-state index is 0.00230. The highest BCUT2D eigenvalue weighted by atomic mass is 32.2. The van der Waals surface area contributed by atoms with Gasteiger partial charge < -0.3 is 15.5 Å². The second-order valence-corrected chi connectivity index (χ2v) is 9.12. The van der Waals surface area contributed by atoms with Gasteiger partial charge in [-0.05, 0) is 79.6 Å². The van der Waals surface area contributed by atoms with Gasteiger partial charge in [-0.1, -0.05) is 24.3 Å². The molecule has 0 bridgehead atoms. The first kappa shape index (κ1) is 23.6. The number of piperidine rings is 1. The second kappa shape index (κ2) is 12.7. The van der Waals surface area contributed by atoms with Gasteiger partial charge in [0.15, 0.2) is 0 Å². The molecular weight excluding hydrogens is 409 g/mol. The van der Waals surface area contributed by atoms with E-state index in [1.54, 1.807) is 6.07 Å². The summed E-state index contributed by atoms with van der Waals surface area (Å²) in [6.45, 7) is 3.77. The molecule has 0 spiro atoms. The summed E-state index contributed by atoms with van der Waals surface area (Å²) in [7, 11) is 0. The van der Waals surface area contributed by atoms with Gasteiger partial charge >= 0.3 is 0 Å². The van der Waals surface area contributed by atoms with Gasteiger partial charge in [-0.3, -0.25) is 4.79 Å². The third-order valence-corrected chi connectivity index (χ3v) is 6.44. The van der Waals surface area contributed by atoms with Crippen LogP contribution in [0.15, 0.2) is 48.5 Å². The van der Waals surface area contributed by atoms with Crippen LogP contribution >= 0.6 is 11.8 Å². The van der Waals surface area contributed by atoms with Crippen molar-refractivity contribution < 1.29 is 9.18 Å². The summed E-state index contributed by atoms with van der Waals surface area (Å²) in [5, 5.41) is 6.61. The van der Waals surface area contributed by atoms with Gasteiger partial charge in [0.2, 0.25) is 5.91 Å². The maximum absolute atomic E-state index is 13.2. The van der Waals surface area contributed by atoms with Crippen LogP contribution in [0.1, 0.15) is 30.4 Å². The summed E-state index contributed by atoms with van der Waals surface area (Å²) in [5.41, 5.74) is 3.14. The number of rotatable bonds is 11. The van der Waals surface area contributed by atoms with Crippen molar-refractivity contribution in [1.29, 1.82) is 0 Å². The van der Waals surface area contributed by atoms with Crippen LogP contribution in [0.5, 0.6) is 0 Å². The maximum atomic E-state index is 13.2. The fourth-order valence-corrected chi connectivity index (χ4v) is 4.41. The molecule has 0 saturated carbocycles. The molecule has 1 saturated heterocycles. The summed E-state index contributed by atoms with van der Waals surface area (Å²) in [6.07, 6.45) is 6.74. The van der Waals surface area contributed by atoms with Gasteiger partial charge in [0.1, 0.15) is 5.82 Å². The Kier molecular flexibility index (Phi) is 9.69. The van der Waals surface area contributed by atoms with E-state index < -0.39 is 0 Å². The van der Waals surface area contributed by atoms with Crippen molar-refractivity contribution >= 4 is 23.4 Å². The Bertz CT molecular complexity index is 807. The van der Waals surface area contributed by atoms with Crippen LogP contribution in [0.4, 0.5) is 10.1 Å². The summed E-state index contributed by atoms with van der Waals surface area (Å²) < 4.78 is 13.2. The van der Waals surface area contributed by atoms with E-state index in [1.807, 2.05) is 30.0 Å². The van der Waals surface area contributed by atoms with E-state index in [0.29, 0.717) is 25.4 Å². The lowest BCUT2D eigenvalue weighted by atomic mass is 10.0. The standard InChI is InChI=1S/C25H34FN3OS/c1-31-17-3-13-27-23-11-15-29(16-12-23)24-8-6-21(7-9-24)19-25(30)28-14-10-20-4-2-5-22(26)18-20/h2,4-9,18,23,27H,3,10-17,19H2,1H3,(H,28,30). The van der Waals surface area contributed by atoms with Crippen LogP contribution in [0, 0.1) is 5.82 Å². The lowest BCUT2D eigenvalue weighted by Crippen LogP contribution is -2.42. The number of halogens is 1. The summed E-state index contributed by atoms with van der Waals surface area (Å²) >= 11 is 1.91. The Morgan fingerprint density at radius 2 is 1.87 bits per heavy atom. The molecule has 0 atom stereocenters. The molecule has 2 aromatic carbocycles. The number of amides is 1. The minimum Gasteiger partial charge on any atom is -0.371 e. The first-order valence-electron chi connectivity index (χ1n) is 11.2. The molecule has 1 fully saturated rings. The normalized spacial score (nSPS) is 14.6. The van der Waals surface area contributed by atoms with Gasteiger partial charge in [0.05, 0.1) is 6.42 Å². The van der Waals surface area contributed by atoms with Gasteiger partial charge in [-0.15, -0.1) is 0 Å². The van der Waals surface area contributed by atoms with Crippen molar-refractivity contribution in [2.45, 2.75) is 38.1 Å². The zero-order chi connectivity index (χ0) is 21.9. The lowest BCUT2D eigenvalue weighted by Gasteiger charge is -2.34. The predicted molar refractivity (Wildman–Crippen MR) is 129 cm³/mol. The van der Waals surface area contributed by atoms with Gasteiger partial charge in [-0.25, -0.2) is 4.39 Å². The molecule has 0 radical (unpaired) electrons. The van der Waals surface area contributed by atoms with Gasteiger partial charge in [0, 0.05) is 31.4 Å². The van der Waals surface area contributed by atoms with Crippen LogP contribution in [-0.2, 0) is 17.6 Å². The number of benzene rings is 2. The molecule has 1 amide bonds. The van der Waals surface area contributed by atoms with Crippen LogP contribution in [0.3, 0.4) is 0 Å². The molecule has 6 heteroatoms. The van der Waals surface area contributed by atoms with E-state index in [2.05, 4.69) is 33.9 Å². The highest BCUT2D eigenvalue weighted by molar-refractivity contribution is 7.98. The summed E-state index contributed by atoms with van der Waals surface area (Å²) in [6, 6.07) is 15.5. The van der Waals surface area contributed by atoms with Crippen molar-refractivity contribution in [2.24, 2.45) is 0 Å². The number of anilines is 1. The molecule has 3 rings (SSSR count). The molecule has 2 N–H and O–H groups in total. The fraction of sp³-hybridized carbons (Fsp3) is 0.480. The Morgan fingerprint density at radius 3 is 2.58 bits per heavy atom. The second-order valence-electron chi connectivity index (χ2n) is 8.13. The van der Waals surface area contributed by atoms with Crippen LogP contribution in [0.2, 0.25) is 0 Å². The van der Waals surface area contributed by atoms with Crippen LogP contribution in [0.25, 0.3) is 0 Å². The summed E-state index contributed by atoms with van der Waals surface area (Å²) in [4.78, 5) is 14.6. The lowest BCUT2D eigenvalue weighted by molar-refractivity contribution is -0.120. The zero-order valence-corrected chi connectivity index (χ0v) is 19.2. The Morgan fingerprint density at radius 1 is 1.10 bits per heavy atom. The molecule has 31 heavy (non-hydrogen) atoms. The number of nitrogens with zero attached hydrogens (tertiary/aromatic N) is 1. The van der Waals surface area contributed by atoms with E-state index in [9.17, 15) is 9.18 Å². The average Bonchev–Trinajstić information content (AvgIpc) is 2.78. The molecule has 1 aliphatic rings. The molecule has 0 aromatic heterocycles. The van der Waals surface area contributed by atoms with Crippen molar-refractivity contribution in [3.63, 3.8) is 0 Å². The molecule has 4 nitrogen and oxygen atoms in total. The Balaban J connectivity index is 1.36. The van der Waals surface area contributed by atoms with Crippen molar-refractivity contribution in [1.82, 2.24) is 10.6 Å². The highest BCUT2D eigenvalue weighted by Gasteiger charge is 2.18. The number of carbonyl (C=O) groups is 1. The van der Waals surface area contributed by atoms with Gasteiger partial charge in [0.25, 0.3) is 0 Å². The predicted octanol–water partition coefficient (Wildman–Crippen LogP) is 4.04. The van der Waals surface area contributed by atoms with Crippen LogP contribution < -0.4 is 15.5 Å². The molecule has 0 aliphatic carbocycles. The topological polar surface area (TPSA) is 44.4 Å². The number of hydrogen-bond donors (Lipinski definition) is 2. The average molecular weight is 444 g/mol. The maximum Gasteiger partial charge on any atom is 0.224 e. The third-order valence-electron chi connectivity index (χ3n) is 5.74. The molecule has 168 valence electrons. The molecule has 1 heterocycles. The Labute approximate surface area is 190 Å². The first-order chi connectivity index (χ1) is 15.1. The summed E-state index contributed by atoms with van der Waals surface area (Å²) in [5.74, 6) is 0.983. The Hall–Kier alpha value is -2.05. The molecule has 0 unspecified atom stereocenters. The number of thioether (sulfide) groups is 1.